The van der Waals surface area contributed by atoms with E-state index in [-0.39, 0.29) is 56.7 Å². The highest BCUT2D eigenvalue weighted by Gasteiger charge is 2.38. The minimum Gasteiger partial charge on any atom is -0.507 e. The lowest BCUT2D eigenvalue weighted by atomic mass is 9.75. The Kier molecular flexibility index (Phi) is 8.80. The Hall–Kier alpha value is -6.16. The molecule has 0 aliphatic heterocycles. The van der Waals surface area contributed by atoms with Gasteiger partial charge in [0.15, 0.2) is 11.5 Å². The average Bonchev–Trinajstić information content (AvgIpc) is 3.07. The number of nitrogens with one attached hydrogen (secondary N) is 2. The van der Waals surface area contributed by atoms with Gasteiger partial charge < -0.3 is 31.1 Å². The van der Waals surface area contributed by atoms with E-state index >= 15 is 0 Å². The molecule has 2 aliphatic rings. The fourth-order valence-corrected chi connectivity index (χ4v) is 6.84. The molecule has 0 saturated heterocycles. The summed E-state index contributed by atoms with van der Waals surface area (Å²) < 4.78 is 0. The Morgan fingerprint density at radius 1 is 0.620 bits per heavy atom. The van der Waals surface area contributed by atoms with Gasteiger partial charge in [0.05, 0.1) is 34.9 Å². The first kappa shape index (κ1) is 33.7. The summed E-state index contributed by atoms with van der Waals surface area (Å²) in [5.41, 5.74) is 4.96. The third kappa shape index (κ3) is 5.58. The van der Waals surface area contributed by atoms with E-state index in [1.807, 2.05) is 27.7 Å². The topological polar surface area (TPSA) is 165 Å². The molecule has 2 aliphatic carbocycles. The summed E-state index contributed by atoms with van der Waals surface area (Å²) in [6.07, 6.45) is 9.22. The SMILES string of the molecule is Cc1cc2c(c(O)c1-c1c(C)cc3c(c1O)/C(=C/Nc1cccnc1)C(=O)C(O)=C3C(C)C)/C(=C/Nc1cccnc1)C(=O)C(O)=C2C(C)C. The number of carbonyl (C=O) groups is 2. The van der Waals surface area contributed by atoms with Gasteiger partial charge in [0.2, 0.25) is 11.6 Å². The lowest BCUT2D eigenvalue weighted by Crippen LogP contribution is -2.20. The van der Waals surface area contributed by atoms with E-state index in [9.17, 15) is 30.0 Å². The summed E-state index contributed by atoms with van der Waals surface area (Å²) in [6, 6.07) is 10.5. The number of pyridine rings is 2. The molecule has 254 valence electrons. The van der Waals surface area contributed by atoms with Crippen molar-refractivity contribution in [3.05, 3.63) is 118 Å². The van der Waals surface area contributed by atoms with Crippen LogP contribution in [0.3, 0.4) is 0 Å². The first-order chi connectivity index (χ1) is 23.8. The number of carbonyl (C=O) groups excluding carboxylic acids is 2. The number of hydrogen-bond acceptors (Lipinski definition) is 10. The average molecular weight is 671 g/mol. The van der Waals surface area contributed by atoms with Crippen LogP contribution in [0.25, 0.3) is 33.4 Å². The summed E-state index contributed by atoms with van der Waals surface area (Å²) in [4.78, 5) is 35.7. The normalized spacial score (nSPS) is 16.1. The Morgan fingerprint density at radius 3 is 1.32 bits per heavy atom. The van der Waals surface area contributed by atoms with Crippen molar-refractivity contribution < 1.29 is 30.0 Å². The molecule has 2 aromatic carbocycles. The van der Waals surface area contributed by atoms with Gasteiger partial charge >= 0.3 is 0 Å². The number of aliphatic hydroxyl groups excluding tert-OH is 2. The third-order valence-corrected chi connectivity index (χ3v) is 9.04. The van der Waals surface area contributed by atoms with Crippen molar-refractivity contribution in [1.29, 1.82) is 0 Å². The highest BCUT2D eigenvalue weighted by molar-refractivity contribution is 6.35. The van der Waals surface area contributed by atoms with Crippen molar-refractivity contribution in [3.8, 4) is 22.6 Å². The van der Waals surface area contributed by atoms with Crippen molar-refractivity contribution in [2.45, 2.75) is 41.5 Å². The van der Waals surface area contributed by atoms with Gasteiger partial charge in [0.1, 0.15) is 11.5 Å². The number of allylic oxidation sites excluding steroid dienone is 4. The van der Waals surface area contributed by atoms with Crippen LogP contribution in [0.15, 0.2) is 85.1 Å². The van der Waals surface area contributed by atoms with Crippen LogP contribution in [0.1, 0.15) is 61.1 Å². The zero-order valence-electron chi connectivity index (χ0n) is 28.6. The minimum absolute atomic E-state index is 0.0194. The van der Waals surface area contributed by atoms with Crippen LogP contribution in [0.2, 0.25) is 0 Å². The van der Waals surface area contributed by atoms with Gasteiger partial charge in [-0.05, 0) is 72.2 Å². The number of fused-ring (bicyclic) bond motifs is 2. The van der Waals surface area contributed by atoms with Crippen LogP contribution in [0, 0.1) is 25.7 Å². The summed E-state index contributed by atoms with van der Waals surface area (Å²) in [6.45, 7) is 10.9. The van der Waals surface area contributed by atoms with E-state index in [0.29, 0.717) is 44.8 Å². The van der Waals surface area contributed by atoms with E-state index in [0.717, 1.165) is 0 Å². The van der Waals surface area contributed by atoms with Crippen molar-refractivity contribution in [3.63, 3.8) is 0 Å². The maximum Gasteiger partial charge on any atom is 0.229 e. The summed E-state index contributed by atoms with van der Waals surface area (Å²) in [7, 11) is 0. The number of benzene rings is 2. The fraction of sp³-hybridized carbons (Fsp3) is 0.200. The molecule has 50 heavy (non-hydrogen) atoms. The van der Waals surface area contributed by atoms with Gasteiger partial charge in [-0.3, -0.25) is 19.6 Å². The van der Waals surface area contributed by atoms with Gasteiger partial charge in [0, 0.05) is 58.2 Å². The number of aromatic hydroxyl groups is 2. The number of nitrogens with zero attached hydrogens (tertiary/aromatic N) is 2. The predicted molar refractivity (Wildman–Crippen MR) is 195 cm³/mol. The zero-order chi connectivity index (χ0) is 36.0. The lowest BCUT2D eigenvalue weighted by Gasteiger charge is -2.29. The maximum atomic E-state index is 13.8. The standard InChI is InChI=1S/C40H38N4O6/c1-19(2)29-25-13-21(5)31(37(47)33(25)27(35(45)39(29)49)17-43-23-9-7-11-41-15-23)32-22(6)14-26-30(20(3)4)40(50)36(46)28(34(26)38(32)48)18-44-24-10-8-12-42-16-24/h7-20,43-44,47-50H,1-6H3/b27-17-,28-18-. The number of aromatic nitrogens is 2. The molecule has 6 N–H and O–H groups in total. The number of aliphatic hydroxyl groups is 2. The molecular weight excluding hydrogens is 632 g/mol. The summed E-state index contributed by atoms with van der Waals surface area (Å²) in [5.74, 6) is -3.26. The quantitative estimate of drug-likeness (QED) is 0.106. The largest absolute Gasteiger partial charge is 0.507 e. The molecule has 0 amide bonds. The Bertz CT molecular complexity index is 2040. The van der Waals surface area contributed by atoms with Gasteiger partial charge in [-0.1, -0.05) is 39.8 Å². The number of hydrogen-bond donors (Lipinski definition) is 6. The molecule has 0 bridgehead atoms. The molecule has 0 saturated carbocycles. The van der Waals surface area contributed by atoms with E-state index in [4.69, 9.17) is 0 Å². The molecule has 10 nitrogen and oxygen atoms in total. The predicted octanol–water partition coefficient (Wildman–Crippen LogP) is 8.09. The van der Waals surface area contributed by atoms with Crippen LogP contribution < -0.4 is 10.6 Å². The van der Waals surface area contributed by atoms with Crippen LogP contribution >= 0.6 is 0 Å². The molecule has 2 aromatic heterocycles. The van der Waals surface area contributed by atoms with Gasteiger partial charge in [0.25, 0.3) is 0 Å². The van der Waals surface area contributed by atoms with E-state index in [2.05, 4.69) is 20.6 Å². The molecular formula is C40H38N4O6. The smallest absolute Gasteiger partial charge is 0.229 e. The van der Waals surface area contributed by atoms with E-state index < -0.39 is 23.1 Å². The van der Waals surface area contributed by atoms with Crippen LogP contribution in [-0.4, -0.2) is 42.0 Å². The Morgan fingerprint density at radius 2 is 1.00 bits per heavy atom. The highest BCUT2D eigenvalue weighted by Crippen LogP contribution is 2.53. The van der Waals surface area contributed by atoms with E-state index in [1.165, 1.54) is 12.4 Å². The van der Waals surface area contributed by atoms with Gasteiger partial charge in [-0.15, -0.1) is 0 Å². The number of aryl methyl sites for hydroxylation is 2. The molecule has 0 spiro atoms. The van der Waals surface area contributed by atoms with Crippen molar-refractivity contribution in [1.82, 2.24) is 9.97 Å². The number of anilines is 2. The third-order valence-electron chi connectivity index (χ3n) is 9.04. The Balaban J connectivity index is 1.63. The van der Waals surface area contributed by atoms with E-state index in [1.54, 1.807) is 75.0 Å². The molecule has 0 radical (unpaired) electrons. The van der Waals surface area contributed by atoms with Gasteiger partial charge in [-0.25, -0.2) is 0 Å². The highest BCUT2D eigenvalue weighted by atomic mass is 16.3. The molecule has 0 fully saturated rings. The first-order valence-electron chi connectivity index (χ1n) is 16.3. The number of rotatable bonds is 7. The second-order valence-corrected chi connectivity index (χ2v) is 13.1. The molecule has 10 heteroatoms. The molecule has 2 heterocycles. The Labute approximate surface area is 289 Å². The van der Waals surface area contributed by atoms with Gasteiger partial charge in [-0.2, -0.15) is 0 Å². The van der Waals surface area contributed by atoms with Crippen molar-refractivity contribution >= 4 is 45.2 Å². The molecule has 0 atom stereocenters. The second kappa shape index (κ2) is 13.0. The maximum absolute atomic E-state index is 13.8. The number of phenolic OH excluding ortho intramolecular Hbond substituents is 2. The molecule has 6 rings (SSSR count). The molecule has 0 unspecified atom stereocenters. The van der Waals surface area contributed by atoms with Crippen molar-refractivity contribution in [2.24, 2.45) is 11.8 Å². The lowest BCUT2D eigenvalue weighted by molar-refractivity contribution is -0.113. The summed E-state index contributed by atoms with van der Waals surface area (Å²) in [5, 5.41) is 52.9. The molecule has 4 aromatic rings. The fourth-order valence-electron chi connectivity index (χ4n) is 6.84. The van der Waals surface area contributed by atoms with Crippen LogP contribution in [0.5, 0.6) is 11.5 Å². The van der Waals surface area contributed by atoms with Crippen molar-refractivity contribution in [2.75, 3.05) is 10.6 Å². The number of Topliss-reactive ketones (excluding diaryl/α,β-unsaturated/α-hetero) is 2. The van der Waals surface area contributed by atoms with Crippen LogP contribution in [-0.2, 0) is 9.59 Å². The minimum atomic E-state index is -0.673. The first-order valence-corrected chi connectivity index (χ1v) is 16.3. The number of phenols is 2. The summed E-state index contributed by atoms with van der Waals surface area (Å²) >= 11 is 0. The van der Waals surface area contributed by atoms with Crippen LogP contribution in [0.4, 0.5) is 11.4 Å². The second-order valence-electron chi connectivity index (χ2n) is 13.1. The number of ketones is 2. The monoisotopic (exact) mass is 670 g/mol. The zero-order valence-corrected chi connectivity index (χ0v) is 28.6.